The van der Waals surface area contributed by atoms with Crippen molar-refractivity contribution < 1.29 is 23.9 Å². The van der Waals surface area contributed by atoms with Crippen LogP contribution in [0.2, 0.25) is 0 Å². The van der Waals surface area contributed by atoms with Gasteiger partial charge >= 0.3 is 11.9 Å². The minimum absolute atomic E-state index is 0.198. The lowest BCUT2D eigenvalue weighted by atomic mass is 10.2. The van der Waals surface area contributed by atoms with Gasteiger partial charge in [-0.25, -0.2) is 9.59 Å². The van der Waals surface area contributed by atoms with E-state index in [4.69, 9.17) is 5.73 Å². The summed E-state index contributed by atoms with van der Waals surface area (Å²) in [7, 11) is 2.66. The first-order chi connectivity index (χ1) is 11.7. The Morgan fingerprint density at radius 1 is 0.960 bits per heavy atom. The van der Waals surface area contributed by atoms with Gasteiger partial charge < -0.3 is 20.5 Å². The molecule has 9 heteroatoms. The van der Waals surface area contributed by atoms with Crippen molar-refractivity contribution in [2.75, 3.05) is 25.3 Å². The molecule has 25 heavy (non-hydrogen) atoms. The molecule has 0 aliphatic heterocycles. The third-order valence-electron chi connectivity index (χ3n) is 3.04. The molecule has 0 aromatic carbocycles. The predicted molar refractivity (Wildman–Crippen MR) is 99.5 cm³/mol. The number of aryl methyl sites for hydroxylation is 2. The number of amides is 1. The standard InChI is InChI=1S/C9H11NO3S.C7H9NO2S/c1-5-4-14-8(9(12)13-3)7(5)10-6(2)11;1-4-3-11-6(5(4)8)7(9)10-2/h4H,1-3H3,(H,10,11);3H,8H2,1-2H3. The number of methoxy groups -OCH3 is 2. The van der Waals surface area contributed by atoms with Crippen LogP contribution >= 0.6 is 22.7 Å². The Kier molecular flexibility index (Phi) is 7.59. The number of nitrogens with one attached hydrogen (secondary N) is 1. The number of carbonyl (C=O) groups is 3. The maximum absolute atomic E-state index is 11.3. The third-order valence-corrected chi connectivity index (χ3v) is 5.21. The van der Waals surface area contributed by atoms with Crippen LogP contribution < -0.4 is 11.1 Å². The van der Waals surface area contributed by atoms with Crippen molar-refractivity contribution in [2.24, 2.45) is 0 Å². The summed E-state index contributed by atoms with van der Waals surface area (Å²) >= 11 is 2.57. The van der Waals surface area contributed by atoms with Crippen LogP contribution in [0.3, 0.4) is 0 Å². The van der Waals surface area contributed by atoms with Crippen molar-refractivity contribution in [1.29, 1.82) is 0 Å². The zero-order valence-electron chi connectivity index (χ0n) is 14.6. The minimum Gasteiger partial charge on any atom is -0.465 e. The van der Waals surface area contributed by atoms with Gasteiger partial charge in [-0.1, -0.05) is 0 Å². The fraction of sp³-hybridized carbons (Fsp3) is 0.312. The zero-order chi connectivity index (χ0) is 19.1. The lowest BCUT2D eigenvalue weighted by Gasteiger charge is -2.03. The number of nitrogen functional groups attached to an aromatic ring is 1. The molecule has 1 amide bonds. The molecule has 2 rings (SSSR count). The number of hydrogen-bond donors (Lipinski definition) is 2. The summed E-state index contributed by atoms with van der Waals surface area (Å²) in [5.74, 6) is -0.982. The van der Waals surface area contributed by atoms with Crippen LogP contribution in [0.15, 0.2) is 10.8 Å². The zero-order valence-corrected chi connectivity index (χ0v) is 16.2. The van der Waals surface area contributed by atoms with Crippen LogP contribution in [0.5, 0.6) is 0 Å². The lowest BCUT2D eigenvalue weighted by Crippen LogP contribution is -2.10. The topological polar surface area (TPSA) is 108 Å². The van der Waals surface area contributed by atoms with Crippen LogP contribution in [-0.2, 0) is 14.3 Å². The number of anilines is 2. The third kappa shape index (κ3) is 5.30. The van der Waals surface area contributed by atoms with Gasteiger partial charge in [0.15, 0.2) is 0 Å². The first kappa shape index (κ1) is 20.7. The second-order valence-corrected chi connectivity index (χ2v) is 6.71. The highest BCUT2D eigenvalue weighted by molar-refractivity contribution is 7.13. The molecule has 0 spiro atoms. The number of ether oxygens (including phenoxy) is 2. The summed E-state index contributed by atoms with van der Waals surface area (Å²) in [5, 5.41) is 6.25. The Bertz CT molecular complexity index is 780. The van der Waals surface area contributed by atoms with E-state index in [1.54, 1.807) is 5.38 Å². The van der Waals surface area contributed by atoms with E-state index in [1.807, 2.05) is 19.2 Å². The van der Waals surface area contributed by atoms with E-state index in [0.717, 1.165) is 11.1 Å². The molecule has 0 aliphatic rings. The van der Waals surface area contributed by atoms with Gasteiger partial charge in [-0.05, 0) is 35.7 Å². The maximum atomic E-state index is 11.3. The molecule has 0 bridgehead atoms. The largest absolute Gasteiger partial charge is 0.465 e. The van der Waals surface area contributed by atoms with E-state index >= 15 is 0 Å². The summed E-state index contributed by atoms with van der Waals surface area (Å²) in [6, 6.07) is 0. The van der Waals surface area contributed by atoms with Gasteiger partial charge in [0.1, 0.15) is 9.75 Å². The summed E-state index contributed by atoms with van der Waals surface area (Å²) in [4.78, 5) is 34.0. The predicted octanol–water partition coefficient (Wildman–Crippen LogP) is 3.23. The molecule has 0 atom stereocenters. The highest BCUT2D eigenvalue weighted by Gasteiger charge is 2.17. The molecular formula is C16H20N2O5S2. The second-order valence-electron chi connectivity index (χ2n) is 4.95. The smallest absolute Gasteiger partial charge is 0.350 e. The average molecular weight is 384 g/mol. The van der Waals surface area contributed by atoms with Crippen molar-refractivity contribution in [3.05, 3.63) is 31.6 Å². The molecule has 2 heterocycles. The quantitative estimate of drug-likeness (QED) is 0.787. The Morgan fingerprint density at radius 3 is 1.88 bits per heavy atom. The van der Waals surface area contributed by atoms with Crippen LogP contribution in [0, 0.1) is 13.8 Å². The van der Waals surface area contributed by atoms with Crippen LogP contribution in [0.25, 0.3) is 0 Å². The molecule has 0 radical (unpaired) electrons. The molecule has 3 N–H and O–H groups in total. The van der Waals surface area contributed by atoms with Crippen LogP contribution in [-0.4, -0.2) is 32.1 Å². The van der Waals surface area contributed by atoms with E-state index < -0.39 is 5.97 Å². The summed E-state index contributed by atoms with van der Waals surface area (Å²) in [6.07, 6.45) is 0. The van der Waals surface area contributed by atoms with E-state index in [1.165, 1.54) is 43.8 Å². The Hall–Kier alpha value is -2.39. The Labute approximate surface area is 153 Å². The van der Waals surface area contributed by atoms with Gasteiger partial charge in [-0.2, -0.15) is 0 Å². The van der Waals surface area contributed by atoms with Crippen molar-refractivity contribution in [3.63, 3.8) is 0 Å². The summed E-state index contributed by atoms with van der Waals surface area (Å²) in [5.41, 5.74) is 8.46. The number of rotatable bonds is 3. The summed E-state index contributed by atoms with van der Waals surface area (Å²) < 4.78 is 9.11. The molecular weight excluding hydrogens is 364 g/mol. The first-order valence-electron chi connectivity index (χ1n) is 7.08. The molecule has 0 fully saturated rings. The van der Waals surface area contributed by atoms with Gasteiger partial charge in [-0.15, -0.1) is 22.7 Å². The number of nitrogens with two attached hydrogens (primary N) is 1. The Morgan fingerprint density at radius 2 is 1.44 bits per heavy atom. The van der Waals surface area contributed by atoms with E-state index in [-0.39, 0.29) is 11.9 Å². The Balaban J connectivity index is 0.000000257. The molecule has 136 valence electrons. The van der Waals surface area contributed by atoms with Crippen LogP contribution in [0.4, 0.5) is 11.4 Å². The van der Waals surface area contributed by atoms with Crippen LogP contribution in [0.1, 0.15) is 37.4 Å². The van der Waals surface area contributed by atoms with Gasteiger partial charge in [0.25, 0.3) is 0 Å². The second kappa shape index (κ2) is 9.19. The van der Waals surface area contributed by atoms with Gasteiger partial charge in [0.2, 0.25) is 5.91 Å². The van der Waals surface area contributed by atoms with Crippen molar-refractivity contribution in [1.82, 2.24) is 0 Å². The summed E-state index contributed by atoms with van der Waals surface area (Å²) in [6.45, 7) is 5.09. The van der Waals surface area contributed by atoms with E-state index in [9.17, 15) is 14.4 Å². The maximum Gasteiger partial charge on any atom is 0.350 e. The van der Waals surface area contributed by atoms with Gasteiger partial charge in [0, 0.05) is 6.92 Å². The van der Waals surface area contributed by atoms with Crippen molar-refractivity contribution >= 4 is 51.9 Å². The SMILES string of the molecule is COC(=O)c1scc(C)c1N.COC(=O)c1scc(C)c1NC(C)=O. The van der Waals surface area contributed by atoms with Crippen molar-refractivity contribution in [2.45, 2.75) is 20.8 Å². The van der Waals surface area contributed by atoms with Gasteiger partial charge in [0.05, 0.1) is 25.6 Å². The molecule has 0 unspecified atom stereocenters. The minimum atomic E-state index is -0.424. The van der Waals surface area contributed by atoms with E-state index in [2.05, 4.69) is 14.8 Å². The highest BCUT2D eigenvalue weighted by atomic mass is 32.1. The van der Waals surface area contributed by atoms with Gasteiger partial charge in [-0.3, -0.25) is 4.79 Å². The average Bonchev–Trinajstić information content (AvgIpc) is 3.10. The number of carbonyl (C=O) groups excluding carboxylic acids is 3. The number of esters is 2. The van der Waals surface area contributed by atoms with E-state index in [0.29, 0.717) is 21.1 Å². The molecule has 2 aromatic rings. The molecule has 7 nitrogen and oxygen atoms in total. The molecule has 0 saturated heterocycles. The fourth-order valence-electron chi connectivity index (χ4n) is 1.72. The molecule has 2 aromatic heterocycles. The molecule has 0 aliphatic carbocycles. The highest BCUT2D eigenvalue weighted by Crippen LogP contribution is 2.28. The molecule has 0 saturated carbocycles. The number of thiophene rings is 2. The lowest BCUT2D eigenvalue weighted by molar-refractivity contribution is -0.114. The van der Waals surface area contributed by atoms with Crippen molar-refractivity contribution in [3.8, 4) is 0 Å². The number of hydrogen-bond acceptors (Lipinski definition) is 8. The monoisotopic (exact) mass is 384 g/mol. The first-order valence-corrected chi connectivity index (χ1v) is 8.84. The fourth-order valence-corrected chi connectivity index (χ4v) is 3.53. The normalized spacial score (nSPS) is 9.64.